The quantitative estimate of drug-likeness (QED) is 0.519. The van der Waals surface area contributed by atoms with E-state index < -0.39 is 12.6 Å². The molecule has 5 rings (SSSR count). The van der Waals surface area contributed by atoms with E-state index in [9.17, 15) is 9.59 Å². The number of amides is 1. The Morgan fingerprint density at radius 2 is 1.82 bits per heavy atom. The van der Waals surface area contributed by atoms with Crippen molar-refractivity contribution in [2.24, 2.45) is 5.92 Å². The second-order valence-corrected chi connectivity index (χ2v) is 9.54. The monoisotopic (exact) mass is 475 g/mol. The number of carbonyl (C=O) groups excluding carboxylic acids is 1. The molecule has 3 aromatic rings. The number of ether oxygens (including phenoxy) is 1. The standard InChI is InChI=1S/C28H26ClNO4/c1-17-6-8-19(9-7-17)22-15-23(22)28(33)30-13-12-18-4-2-3-5-21(18)27(30)24-14-20(29)10-11-25(24)34-16-26(31)32/h2-11,14,22-23,27H,12-13,15-16H2,1H3,(H,31,32)/t22-,23+,27?/m0/s1. The van der Waals surface area contributed by atoms with Crippen LogP contribution < -0.4 is 4.74 Å². The average Bonchev–Trinajstić information content (AvgIpc) is 3.63. The van der Waals surface area contributed by atoms with Crippen LogP contribution in [-0.2, 0) is 16.0 Å². The number of carbonyl (C=O) groups is 2. The van der Waals surface area contributed by atoms with E-state index in [1.807, 2.05) is 23.1 Å². The van der Waals surface area contributed by atoms with E-state index in [0.29, 0.717) is 22.9 Å². The predicted molar refractivity (Wildman–Crippen MR) is 130 cm³/mol. The van der Waals surface area contributed by atoms with Crippen molar-refractivity contribution in [1.29, 1.82) is 0 Å². The lowest BCUT2D eigenvalue weighted by atomic mass is 9.87. The van der Waals surface area contributed by atoms with Crippen molar-refractivity contribution in [2.45, 2.75) is 31.7 Å². The minimum Gasteiger partial charge on any atom is -0.482 e. The highest BCUT2D eigenvalue weighted by molar-refractivity contribution is 6.30. The van der Waals surface area contributed by atoms with Crippen molar-refractivity contribution in [1.82, 2.24) is 4.90 Å². The first-order valence-electron chi connectivity index (χ1n) is 11.5. The molecule has 34 heavy (non-hydrogen) atoms. The number of fused-ring (bicyclic) bond motifs is 1. The van der Waals surface area contributed by atoms with E-state index in [-0.39, 0.29) is 23.8 Å². The molecule has 0 spiro atoms. The lowest BCUT2D eigenvalue weighted by Crippen LogP contribution is -2.41. The van der Waals surface area contributed by atoms with Crippen molar-refractivity contribution in [3.05, 3.63) is 99.6 Å². The minimum absolute atomic E-state index is 0.0574. The molecule has 0 saturated heterocycles. The second kappa shape index (κ2) is 9.15. The summed E-state index contributed by atoms with van der Waals surface area (Å²) in [6, 6.07) is 21.3. The number of hydrogen-bond acceptors (Lipinski definition) is 3. The summed E-state index contributed by atoms with van der Waals surface area (Å²) in [4.78, 5) is 26.9. The van der Waals surface area contributed by atoms with Gasteiger partial charge in [-0.05, 0) is 60.6 Å². The molecule has 2 aliphatic rings. The zero-order valence-corrected chi connectivity index (χ0v) is 19.7. The third-order valence-electron chi connectivity index (χ3n) is 6.80. The molecule has 3 atom stereocenters. The summed E-state index contributed by atoms with van der Waals surface area (Å²) >= 11 is 6.37. The van der Waals surface area contributed by atoms with E-state index in [4.69, 9.17) is 21.4 Å². The zero-order valence-electron chi connectivity index (χ0n) is 18.9. The number of aryl methyl sites for hydroxylation is 1. The van der Waals surface area contributed by atoms with Gasteiger partial charge in [-0.2, -0.15) is 0 Å². The third kappa shape index (κ3) is 4.40. The van der Waals surface area contributed by atoms with Crippen LogP contribution in [-0.4, -0.2) is 35.0 Å². The van der Waals surface area contributed by atoms with Crippen LogP contribution in [0.5, 0.6) is 5.75 Å². The summed E-state index contributed by atoms with van der Waals surface area (Å²) in [6.07, 6.45) is 1.61. The van der Waals surface area contributed by atoms with Crippen LogP contribution in [0.4, 0.5) is 0 Å². The van der Waals surface area contributed by atoms with E-state index in [1.165, 1.54) is 16.7 Å². The van der Waals surface area contributed by atoms with Gasteiger partial charge < -0.3 is 14.7 Å². The highest BCUT2D eigenvalue weighted by atomic mass is 35.5. The molecule has 1 heterocycles. The Labute approximate surface area is 203 Å². The lowest BCUT2D eigenvalue weighted by molar-refractivity contribution is -0.139. The maximum atomic E-state index is 13.8. The summed E-state index contributed by atoms with van der Waals surface area (Å²) in [5, 5.41) is 9.66. The molecule has 0 bridgehead atoms. The van der Waals surface area contributed by atoms with E-state index in [1.54, 1.807) is 18.2 Å². The molecular weight excluding hydrogens is 450 g/mol. The zero-order chi connectivity index (χ0) is 23.8. The largest absolute Gasteiger partial charge is 0.482 e. The number of carboxylic acid groups (broad SMARTS) is 1. The van der Waals surface area contributed by atoms with Crippen LogP contribution in [0.25, 0.3) is 0 Å². The van der Waals surface area contributed by atoms with Crippen molar-refractivity contribution in [2.75, 3.05) is 13.2 Å². The van der Waals surface area contributed by atoms with Crippen molar-refractivity contribution < 1.29 is 19.4 Å². The van der Waals surface area contributed by atoms with Gasteiger partial charge in [0.2, 0.25) is 5.91 Å². The molecule has 174 valence electrons. The van der Waals surface area contributed by atoms with Gasteiger partial charge in [0.1, 0.15) is 5.75 Å². The number of hydrogen-bond donors (Lipinski definition) is 1. The highest BCUT2D eigenvalue weighted by Gasteiger charge is 2.48. The number of nitrogens with zero attached hydrogens (tertiary/aromatic N) is 1. The predicted octanol–water partition coefficient (Wildman–Crippen LogP) is 5.39. The molecule has 1 amide bonds. The third-order valence-corrected chi connectivity index (χ3v) is 7.03. The topological polar surface area (TPSA) is 66.8 Å². The number of aliphatic carboxylic acids is 1. The van der Waals surface area contributed by atoms with E-state index in [2.05, 4.69) is 37.3 Å². The fraction of sp³-hybridized carbons (Fsp3) is 0.286. The van der Waals surface area contributed by atoms with Crippen molar-refractivity contribution in [3.8, 4) is 5.75 Å². The first-order valence-corrected chi connectivity index (χ1v) is 11.9. The normalized spacial score (nSPS) is 21.0. The average molecular weight is 476 g/mol. The van der Waals surface area contributed by atoms with E-state index in [0.717, 1.165) is 18.4 Å². The smallest absolute Gasteiger partial charge is 0.341 e. The SMILES string of the molecule is Cc1ccc([C@@H]2C[C@H]2C(=O)N2CCc3ccccc3C2c2cc(Cl)ccc2OCC(=O)O)cc1. The number of carboxylic acids is 1. The molecule has 1 fully saturated rings. The Bertz CT molecular complexity index is 1240. The van der Waals surface area contributed by atoms with Gasteiger partial charge >= 0.3 is 5.97 Å². The molecule has 3 aromatic carbocycles. The van der Waals surface area contributed by atoms with Crippen LogP contribution in [0.1, 0.15) is 46.2 Å². The summed E-state index contributed by atoms with van der Waals surface area (Å²) in [6.45, 7) is 2.18. The minimum atomic E-state index is -1.06. The lowest BCUT2D eigenvalue weighted by Gasteiger charge is -2.38. The molecule has 1 N–H and O–H groups in total. The van der Waals surface area contributed by atoms with Gasteiger partial charge in [-0.25, -0.2) is 4.79 Å². The number of rotatable bonds is 6. The fourth-order valence-corrected chi connectivity index (χ4v) is 5.19. The fourth-order valence-electron chi connectivity index (χ4n) is 5.01. The Hall–Kier alpha value is -3.31. The second-order valence-electron chi connectivity index (χ2n) is 9.11. The Morgan fingerprint density at radius 1 is 1.06 bits per heavy atom. The summed E-state index contributed by atoms with van der Waals surface area (Å²) in [7, 11) is 0. The molecular formula is C28H26ClNO4. The van der Waals surface area contributed by atoms with Gasteiger partial charge in [0.25, 0.3) is 0 Å². The van der Waals surface area contributed by atoms with Crippen molar-refractivity contribution >= 4 is 23.5 Å². The molecule has 5 nitrogen and oxygen atoms in total. The van der Waals surface area contributed by atoms with Gasteiger partial charge in [-0.15, -0.1) is 0 Å². The Kier molecular flexibility index (Phi) is 6.05. The number of benzene rings is 3. The molecule has 0 radical (unpaired) electrons. The summed E-state index contributed by atoms with van der Waals surface area (Å²) < 4.78 is 5.63. The van der Waals surface area contributed by atoms with Crippen LogP contribution in [0.15, 0.2) is 66.7 Å². The number of halogens is 1. The van der Waals surface area contributed by atoms with Crippen LogP contribution >= 0.6 is 11.6 Å². The Morgan fingerprint density at radius 3 is 2.59 bits per heavy atom. The first kappa shape index (κ1) is 22.5. The Balaban J connectivity index is 1.51. The maximum Gasteiger partial charge on any atom is 0.341 e. The van der Waals surface area contributed by atoms with Gasteiger partial charge in [-0.1, -0.05) is 65.7 Å². The highest BCUT2D eigenvalue weighted by Crippen LogP contribution is 2.51. The first-order chi connectivity index (χ1) is 16.4. The van der Waals surface area contributed by atoms with E-state index >= 15 is 0 Å². The maximum absolute atomic E-state index is 13.8. The molecule has 1 saturated carbocycles. The van der Waals surface area contributed by atoms with Crippen LogP contribution in [0.3, 0.4) is 0 Å². The van der Waals surface area contributed by atoms with Crippen molar-refractivity contribution in [3.63, 3.8) is 0 Å². The van der Waals surface area contributed by atoms with Gasteiger partial charge in [0.15, 0.2) is 6.61 Å². The molecule has 1 aliphatic heterocycles. The summed E-state index contributed by atoms with van der Waals surface area (Å²) in [5.41, 5.74) is 5.31. The van der Waals surface area contributed by atoms with Crippen LogP contribution in [0.2, 0.25) is 5.02 Å². The van der Waals surface area contributed by atoms with Gasteiger partial charge in [0, 0.05) is 23.0 Å². The van der Waals surface area contributed by atoms with Gasteiger partial charge in [-0.3, -0.25) is 4.79 Å². The molecule has 1 unspecified atom stereocenters. The molecule has 0 aromatic heterocycles. The van der Waals surface area contributed by atoms with Gasteiger partial charge in [0.05, 0.1) is 6.04 Å². The molecule has 6 heteroatoms. The van der Waals surface area contributed by atoms with Crippen LogP contribution in [0, 0.1) is 12.8 Å². The summed E-state index contributed by atoms with van der Waals surface area (Å²) in [5.74, 6) is -0.339. The molecule has 1 aliphatic carbocycles.